The molecule has 2 heterocycles. The van der Waals surface area contributed by atoms with Crippen molar-refractivity contribution in [2.24, 2.45) is 0 Å². The molecule has 0 unspecified atom stereocenters. The number of ether oxygens (including phenoxy) is 1. The monoisotopic (exact) mass is 417 g/mol. The number of methoxy groups -OCH3 is 1. The van der Waals surface area contributed by atoms with Gasteiger partial charge in [-0.1, -0.05) is 17.7 Å². The van der Waals surface area contributed by atoms with E-state index in [1.807, 2.05) is 66.3 Å². The highest BCUT2D eigenvalue weighted by Crippen LogP contribution is 2.23. The molecule has 1 aliphatic rings. The zero-order valence-electron chi connectivity index (χ0n) is 16.5. The number of rotatable bonds is 4. The quantitative estimate of drug-likeness (QED) is 0.400. The van der Waals surface area contributed by atoms with Gasteiger partial charge in [-0.05, 0) is 73.2 Å². The van der Waals surface area contributed by atoms with Gasteiger partial charge in [-0.3, -0.25) is 19.8 Å². The number of nitrogens with one attached hydrogen (secondary N) is 1. The Morgan fingerprint density at radius 3 is 2.30 bits per heavy atom. The van der Waals surface area contributed by atoms with E-state index in [0.29, 0.717) is 5.69 Å². The molecule has 0 spiro atoms. The second-order valence-corrected chi connectivity index (χ2v) is 7.23. The van der Waals surface area contributed by atoms with Crippen LogP contribution in [0.25, 0.3) is 11.8 Å². The van der Waals surface area contributed by atoms with Crippen LogP contribution in [0.4, 0.5) is 5.69 Å². The van der Waals surface area contributed by atoms with Gasteiger partial charge in [0.15, 0.2) is 5.11 Å². The lowest BCUT2D eigenvalue weighted by atomic mass is 10.1. The van der Waals surface area contributed by atoms with Gasteiger partial charge in [0.25, 0.3) is 11.8 Å². The summed E-state index contributed by atoms with van der Waals surface area (Å²) in [6.45, 7) is 1.96. The van der Waals surface area contributed by atoms with E-state index < -0.39 is 11.8 Å². The van der Waals surface area contributed by atoms with Gasteiger partial charge in [0, 0.05) is 18.1 Å². The van der Waals surface area contributed by atoms with E-state index in [4.69, 9.17) is 17.0 Å². The van der Waals surface area contributed by atoms with E-state index in [2.05, 4.69) is 5.32 Å². The number of benzene rings is 2. The van der Waals surface area contributed by atoms with Crippen molar-refractivity contribution in [2.45, 2.75) is 6.92 Å². The van der Waals surface area contributed by atoms with E-state index in [1.165, 1.54) is 4.90 Å². The number of anilines is 1. The first kappa shape index (κ1) is 19.6. The van der Waals surface area contributed by atoms with Gasteiger partial charge in [0.1, 0.15) is 11.3 Å². The normalized spacial score (nSPS) is 15.5. The van der Waals surface area contributed by atoms with Crippen LogP contribution in [-0.4, -0.2) is 28.6 Å². The Bertz CT molecular complexity index is 1160. The van der Waals surface area contributed by atoms with Gasteiger partial charge in [0.2, 0.25) is 0 Å². The summed E-state index contributed by atoms with van der Waals surface area (Å²) >= 11 is 5.23. The maximum Gasteiger partial charge on any atom is 0.270 e. The van der Waals surface area contributed by atoms with Crippen molar-refractivity contribution in [1.82, 2.24) is 9.88 Å². The zero-order valence-corrected chi connectivity index (χ0v) is 17.3. The summed E-state index contributed by atoms with van der Waals surface area (Å²) in [5, 5.41) is 2.67. The molecule has 1 fully saturated rings. The molecule has 0 saturated carbocycles. The Kier molecular flexibility index (Phi) is 5.20. The lowest BCUT2D eigenvalue weighted by Gasteiger charge is -2.28. The number of amides is 2. The summed E-state index contributed by atoms with van der Waals surface area (Å²) in [6, 6.07) is 16.8. The van der Waals surface area contributed by atoms with Crippen molar-refractivity contribution in [3.8, 4) is 11.4 Å². The minimum Gasteiger partial charge on any atom is -0.497 e. The minimum atomic E-state index is -0.509. The summed E-state index contributed by atoms with van der Waals surface area (Å²) in [5.74, 6) is -0.194. The molecule has 0 aliphatic carbocycles. The number of carbonyl (C=O) groups is 2. The fourth-order valence-electron chi connectivity index (χ4n) is 3.17. The van der Waals surface area contributed by atoms with Gasteiger partial charge in [0.05, 0.1) is 12.8 Å². The summed E-state index contributed by atoms with van der Waals surface area (Å²) in [5.41, 5.74) is 3.35. The third-order valence-corrected chi connectivity index (χ3v) is 5.08. The number of nitrogens with zero attached hydrogens (tertiary/aromatic N) is 2. The average molecular weight is 417 g/mol. The second-order valence-electron chi connectivity index (χ2n) is 6.84. The number of hydrogen-bond donors (Lipinski definition) is 1. The highest BCUT2D eigenvalue weighted by molar-refractivity contribution is 7.80. The SMILES string of the molecule is COc1ccc(-n2ccc(/C=C3/C(=O)NC(=S)N(c4ccc(C)cc4)C3=O)c2)cc1. The standard InChI is InChI=1S/C23H19N3O3S/c1-15-3-5-18(6-4-15)26-22(28)20(21(27)24-23(26)30)13-16-11-12-25(14-16)17-7-9-19(29-2)10-8-17/h3-14H,1-2H3,(H,24,27,30)/b20-13-. The van der Waals surface area contributed by atoms with Gasteiger partial charge in [-0.15, -0.1) is 0 Å². The van der Waals surface area contributed by atoms with E-state index in [1.54, 1.807) is 25.3 Å². The number of aryl methyl sites for hydroxylation is 1. The van der Waals surface area contributed by atoms with E-state index >= 15 is 0 Å². The van der Waals surface area contributed by atoms with Gasteiger partial charge < -0.3 is 9.30 Å². The molecule has 7 heteroatoms. The molecule has 2 aromatic carbocycles. The Labute approximate surface area is 179 Å². The maximum absolute atomic E-state index is 13.1. The van der Waals surface area contributed by atoms with Crippen LogP contribution in [0.5, 0.6) is 5.75 Å². The van der Waals surface area contributed by atoms with Crippen LogP contribution in [0.1, 0.15) is 11.1 Å². The molecule has 150 valence electrons. The average Bonchev–Trinajstić information content (AvgIpc) is 3.21. The van der Waals surface area contributed by atoms with Crippen molar-refractivity contribution in [3.05, 3.63) is 83.7 Å². The molecule has 1 aliphatic heterocycles. The first-order valence-electron chi connectivity index (χ1n) is 9.27. The van der Waals surface area contributed by atoms with Crippen LogP contribution >= 0.6 is 12.2 Å². The Balaban J connectivity index is 1.64. The Morgan fingerprint density at radius 2 is 1.63 bits per heavy atom. The fraction of sp³-hybridized carbons (Fsp3) is 0.0870. The van der Waals surface area contributed by atoms with E-state index in [9.17, 15) is 9.59 Å². The lowest BCUT2D eigenvalue weighted by Crippen LogP contribution is -2.54. The van der Waals surface area contributed by atoms with Crippen LogP contribution < -0.4 is 15.0 Å². The topological polar surface area (TPSA) is 63.6 Å². The molecule has 0 radical (unpaired) electrons. The minimum absolute atomic E-state index is 0.0247. The molecule has 1 aromatic heterocycles. The molecular formula is C23H19N3O3S. The smallest absolute Gasteiger partial charge is 0.270 e. The summed E-state index contributed by atoms with van der Waals surface area (Å²) in [4.78, 5) is 26.9. The third-order valence-electron chi connectivity index (χ3n) is 4.79. The van der Waals surface area contributed by atoms with Gasteiger partial charge in [-0.25, -0.2) is 0 Å². The number of carbonyl (C=O) groups excluding carboxylic acids is 2. The largest absolute Gasteiger partial charge is 0.497 e. The molecule has 0 bridgehead atoms. The molecule has 4 rings (SSSR count). The van der Waals surface area contributed by atoms with Gasteiger partial charge in [-0.2, -0.15) is 0 Å². The number of hydrogen-bond acceptors (Lipinski definition) is 4. The fourth-order valence-corrected chi connectivity index (χ4v) is 3.45. The third kappa shape index (κ3) is 3.75. The van der Waals surface area contributed by atoms with Crippen LogP contribution in [0.15, 0.2) is 72.6 Å². The highest BCUT2D eigenvalue weighted by Gasteiger charge is 2.34. The molecular weight excluding hydrogens is 398 g/mol. The second kappa shape index (κ2) is 7.96. The molecule has 0 atom stereocenters. The van der Waals surface area contributed by atoms with Crippen molar-refractivity contribution in [2.75, 3.05) is 12.0 Å². The molecule has 2 amide bonds. The molecule has 3 aromatic rings. The predicted molar refractivity (Wildman–Crippen MR) is 120 cm³/mol. The van der Waals surface area contributed by atoms with Crippen molar-refractivity contribution in [1.29, 1.82) is 0 Å². The first-order valence-corrected chi connectivity index (χ1v) is 9.67. The summed E-state index contributed by atoms with van der Waals surface area (Å²) in [6.07, 6.45) is 5.28. The van der Waals surface area contributed by atoms with Crippen molar-refractivity contribution in [3.63, 3.8) is 0 Å². The summed E-state index contributed by atoms with van der Waals surface area (Å²) in [7, 11) is 1.62. The van der Waals surface area contributed by atoms with Crippen molar-refractivity contribution >= 4 is 40.9 Å². The first-order chi connectivity index (χ1) is 14.5. The molecule has 1 saturated heterocycles. The van der Waals surface area contributed by atoms with E-state index in [0.717, 1.165) is 22.6 Å². The van der Waals surface area contributed by atoms with Crippen molar-refractivity contribution < 1.29 is 14.3 Å². The Morgan fingerprint density at radius 1 is 0.967 bits per heavy atom. The zero-order chi connectivity index (χ0) is 21.3. The lowest BCUT2D eigenvalue weighted by molar-refractivity contribution is -0.122. The maximum atomic E-state index is 13.1. The van der Waals surface area contributed by atoms with Crippen LogP contribution in [0, 0.1) is 6.92 Å². The molecule has 1 N–H and O–H groups in total. The molecule has 6 nitrogen and oxygen atoms in total. The molecule has 30 heavy (non-hydrogen) atoms. The van der Waals surface area contributed by atoms with E-state index in [-0.39, 0.29) is 10.7 Å². The highest BCUT2D eigenvalue weighted by atomic mass is 32.1. The predicted octanol–water partition coefficient (Wildman–Crippen LogP) is 3.63. The summed E-state index contributed by atoms with van der Waals surface area (Å²) < 4.78 is 7.08. The van der Waals surface area contributed by atoms with Crippen LogP contribution in [-0.2, 0) is 9.59 Å². The van der Waals surface area contributed by atoms with Crippen LogP contribution in [0.3, 0.4) is 0 Å². The number of thiocarbonyl (C=S) groups is 1. The van der Waals surface area contributed by atoms with Gasteiger partial charge >= 0.3 is 0 Å². The Hall–Kier alpha value is -3.71. The number of aromatic nitrogens is 1. The van der Waals surface area contributed by atoms with Crippen LogP contribution in [0.2, 0.25) is 0 Å².